The number of nitrogens with zero attached hydrogens (tertiary/aromatic N) is 2. The van der Waals surface area contributed by atoms with Crippen molar-refractivity contribution in [3.8, 4) is 0 Å². The van der Waals surface area contributed by atoms with Crippen molar-refractivity contribution in [2.24, 2.45) is 5.92 Å². The maximum atomic E-state index is 13.4. The molecule has 0 bridgehead atoms. The molecule has 1 atom stereocenters. The molecule has 1 fully saturated rings. The van der Waals surface area contributed by atoms with E-state index in [0.717, 1.165) is 18.5 Å². The minimum Gasteiger partial charge on any atom is -0.461 e. The van der Waals surface area contributed by atoms with E-state index in [-0.39, 0.29) is 24.2 Å². The number of carbonyl (C=O) groups is 3. The number of nitrogens with one attached hydrogen (secondary N) is 1. The Morgan fingerprint density at radius 3 is 2.60 bits per heavy atom. The Bertz CT molecular complexity index is 931. The van der Waals surface area contributed by atoms with Gasteiger partial charge in [-0.2, -0.15) is 0 Å². The van der Waals surface area contributed by atoms with Crippen molar-refractivity contribution in [1.82, 2.24) is 14.9 Å². The van der Waals surface area contributed by atoms with E-state index >= 15 is 0 Å². The van der Waals surface area contributed by atoms with Crippen LogP contribution in [-0.4, -0.2) is 51.7 Å². The zero-order valence-corrected chi connectivity index (χ0v) is 18.0. The van der Waals surface area contributed by atoms with Crippen LogP contribution in [0.3, 0.4) is 0 Å². The summed E-state index contributed by atoms with van der Waals surface area (Å²) in [6.07, 6.45) is 4.04. The molecule has 3 rings (SSSR count). The topological polar surface area (TPSA) is 92.4 Å². The average molecular weight is 412 g/mol. The summed E-state index contributed by atoms with van der Waals surface area (Å²) in [4.78, 5) is 47.5. The van der Waals surface area contributed by atoms with Crippen LogP contribution < -0.4 is 0 Å². The molecule has 2 heterocycles. The number of carbonyl (C=O) groups excluding carboxylic acids is 3. The largest absolute Gasteiger partial charge is 0.461 e. The van der Waals surface area contributed by atoms with E-state index in [2.05, 4.69) is 9.97 Å². The van der Waals surface area contributed by atoms with E-state index in [1.807, 2.05) is 18.2 Å². The van der Waals surface area contributed by atoms with Gasteiger partial charge in [0.2, 0.25) is 5.91 Å². The van der Waals surface area contributed by atoms with Crippen LogP contribution in [0.4, 0.5) is 0 Å². The van der Waals surface area contributed by atoms with Crippen molar-refractivity contribution in [3.63, 3.8) is 0 Å². The fraction of sp³-hybridized carbons (Fsp3) is 0.478. The van der Waals surface area contributed by atoms with Crippen molar-refractivity contribution in [3.05, 3.63) is 52.6 Å². The quantitative estimate of drug-likeness (QED) is 0.505. The number of rotatable bonds is 9. The first-order chi connectivity index (χ1) is 14.3. The van der Waals surface area contributed by atoms with E-state index < -0.39 is 12.0 Å². The minimum absolute atomic E-state index is 0.00694. The molecule has 2 aromatic heterocycles. The Kier molecular flexibility index (Phi) is 6.70. The Hall–Kier alpha value is -2.96. The minimum atomic E-state index is -0.634. The molecule has 0 saturated heterocycles. The number of ether oxygens (including phenoxy) is 1. The lowest BCUT2D eigenvalue weighted by molar-refractivity contribution is -0.133. The normalized spacial score (nSPS) is 14.3. The number of Topliss-reactive ketones (excluding diaryl/α,β-unsaturated/α-hetero) is 1. The van der Waals surface area contributed by atoms with E-state index in [9.17, 15) is 14.4 Å². The summed E-state index contributed by atoms with van der Waals surface area (Å²) < 4.78 is 5.08. The molecule has 160 valence electrons. The van der Waals surface area contributed by atoms with Crippen LogP contribution in [0.2, 0.25) is 0 Å². The zero-order chi connectivity index (χ0) is 21.8. The Labute approximate surface area is 176 Å². The van der Waals surface area contributed by atoms with Gasteiger partial charge in [-0.1, -0.05) is 6.07 Å². The molecule has 7 nitrogen and oxygen atoms in total. The Morgan fingerprint density at radius 2 is 2.00 bits per heavy atom. The fourth-order valence-corrected chi connectivity index (χ4v) is 3.72. The lowest BCUT2D eigenvalue weighted by Gasteiger charge is -2.29. The van der Waals surface area contributed by atoms with Crippen molar-refractivity contribution >= 4 is 17.7 Å². The summed E-state index contributed by atoms with van der Waals surface area (Å²) in [5, 5.41) is 0. The molecular formula is C23H29N3O4. The Morgan fingerprint density at radius 1 is 1.27 bits per heavy atom. The molecule has 0 radical (unpaired) electrons. The molecular weight excluding hydrogens is 382 g/mol. The first kappa shape index (κ1) is 21.7. The molecule has 0 aromatic carbocycles. The summed E-state index contributed by atoms with van der Waals surface area (Å²) in [5.41, 5.74) is 2.79. The fourth-order valence-electron chi connectivity index (χ4n) is 3.72. The number of aromatic nitrogens is 2. The molecule has 1 amide bonds. The third kappa shape index (κ3) is 4.61. The third-order valence-electron chi connectivity index (χ3n) is 5.56. The molecule has 30 heavy (non-hydrogen) atoms. The molecule has 1 aliphatic carbocycles. The molecule has 2 aromatic rings. The zero-order valence-electron chi connectivity index (χ0n) is 18.0. The number of ketones is 1. The van der Waals surface area contributed by atoms with Crippen LogP contribution in [0, 0.1) is 19.8 Å². The number of esters is 1. The number of hydrogen-bond donors (Lipinski definition) is 1. The van der Waals surface area contributed by atoms with Gasteiger partial charge in [0.15, 0.2) is 5.78 Å². The smallest absolute Gasteiger partial charge is 0.355 e. The lowest BCUT2D eigenvalue weighted by atomic mass is 9.99. The molecule has 0 aliphatic heterocycles. The monoisotopic (exact) mass is 411 g/mol. The number of aryl methyl sites for hydroxylation is 1. The van der Waals surface area contributed by atoms with Crippen LogP contribution in [0.1, 0.15) is 64.5 Å². The van der Waals surface area contributed by atoms with Crippen molar-refractivity contribution < 1.29 is 19.1 Å². The number of amides is 1. The predicted octanol–water partition coefficient (Wildman–Crippen LogP) is 3.26. The second-order valence-electron chi connectivity index (χ2n) is 7.76. The highest BCUT2D eigenvalue weighted by atomic mass is 16.5. The molecule has 0 unspecified atom stereocenters. The van der Waals surface area contributed by atoms with Crippen LogP contribution in [0.5, 0.6) is 0 Å². The third-order valence-corrected chi connectivity index (χ3v) is 5.56. The van der Waals surface area contributed by atoms with Crippen LogP contribution in [-0.2, 0) is 16.0 Å². The second kappa shape index (κ2) is 9.24. The van der Waals surface area contributed by atoms with Gasteiger partial charge in [0.25, 0.3) is 0 Å². The maximum absolute atomic E-state index is 13.4. The van der Waals surface area contributed by atoms with Gasteiger partial charge in [-0.3, -0.25) is 14.6 Å². The number of H-pyrrole nitrogens is 1. The Balaban J connectivity index is 1.83. The summed E-state index contributed by atoms with van der Waals surface area (Å²) in [6, 6.07) is 5.04. The SMILES string of the molecule is CCOC(=O)c1[nH]c(C)c(C(=O)[C@@H](C)N(CCc2ccccn2)C(=O)C2CC2)c1C. The van der Waals surface area contributed by atoms with Gasteiger partial charge in [0.1, 0.15) is 5.69 Å². The van der Waals surface area contributed by atoms with Crippen LogP contribution in [0.15, 0.2) is 24.4 Å². The van der Waals surface area contributed by atoms with Crippen molar-refractivity contribution in [2.75, 3.05) is 13.2 Å². The van der Waals surface area contributed by atoms with E-state index in [4.69, 9.17) is 4.74 Å². The van der Waals surface area contributed by atoms with E-state index in [1.54, 1.807) is 38.8 Å². The van der Waals surface area contributed by atoms with E-state index in [0.29, 0.717) is 35.5 Å². The summed E-state index contributed by atoms with van der Waals surface area (Å²) in [5.74, 6) is -0.631. The maximum Gasteiger partial charge on any atom is 0.355 e. The van der Waals surface area contributed by atoms with Gasteiger partial charge < -0.3 is 14.6 Å². The molecule has 1 saturated carbocycles. The van der Waals surface area contributed by atoms with Crippen molar-refractivity contribution in [2.45, 2.75) is 53.0 Å². The molecule has 0 spiro atoms. The molecule has 1 aliphatic rings. The van der Waals surface area contributed by atoms with Gasteiger partial charge in [0, 0.05) is 42.0 Å². The lowest BCUT2D eigenvalue weighted by Crippen LogP contribution is -2.45. The first-order valence-corrected chi connectivity index (χ1v) is 10.5. The molecule has 7 heteroatoms. The van der Waals surface area contributed by atoms with E-state index in [1.165, 1.54) is 0 Å². The van der Waals surface area contributed by atoms with Gasteiger partial charge in [-0.25, -0.2) is 4.79 Å². The number of pyridine rings is 1. The van der Waals surface area contributed by atoms with Gasteiger partial charge in [-0.05, 0) is 58.2 Å². The summed E-state index contributed by atoms with van der Waals surface area (Å²) in [7, 11) is 0. The summed E-state index contributed by atoms with van der Waals surface area (Å²) >= 11 is 0. The number of hydrogen-bond acceptors (Lipinski definition) is 5. The summed E-state index contributed by atoms with van der Waals surface area (Å²) in [6.45, 7) is 7.67. The van der Waals surface area contributed by atoms with Gasteiger partial charge >= 0.3 is 5.97 Å². The van der Waals surface area contributed by atoms with Crippen LogP contribution >= 0.6 is 0 Å². The average Bonchev–Trinajstić information content (AvgIpc) is 3.53. The molecule has 1 N–H and O–H groups in total. The predicted molar refractivity (Wildman–Crippen MR) is 112 cm³/mol. The second-order valence-corrected chi connectivity index (χ2v) is 7.76. The highest BCUT2D eigenvalue weighted by Crippen LogP contribution is 2.32. The van der Waals surface area contributed by atoms with Gasteiger partial charge in [-0.15, -0.1) is 0 Å². The van der Waals surface area contributed by atoms with Crippen molar-refractivity contribution in [1.29, 1.82) is 0 Å². The highest BCUT2D eigenvalue weighted by molar-refractivity contribution is 6.06. The highest BCUT2D eigenvalue weighted by Gasteiger charge is 2.38. The first-order valence-electron chi connectivity index (χ1n) is 10.5. The van der Waals surface area contributed by atoms with Gasteiger partial charge in [0.05, 0.1) is 12.6 Å². The number of aromatic amines is 1. The van der Waals surface area contributed by atoms with Crippen LogP contribution in [0.25, 0.3) is 0 Å². The standard InChI is InChI=1S/C23H29N3O4/c1-5-30-23(29)20-14(2)19(15(3)25-20)21(27)16(4)26(22(28)17-9-10-17)13-11-18-8-6-7-12-24-18/h6-8,12,16-17,25H,5,9-11,13H2,1-4H3/t16-/m1/s1.